The van der Waals surface area contributed by atoms with Gasteiger partial charge in [-0.25, -0.2) is 4.98 Å². The molecule has 4 rings (SSSR count). The number of aromatic nitrogens is 2. The molecule has 0 aliphatic carbocycles. The van der Waals surface area contributed by atoms with E-state index in [1.165, 1.54) is 0 Å². The second kappa shape index (κ2) is 8.75. The van der Waals surface area contributed by atoms with Crippen molar-refractivity contribution in [3.8, 4) is 11.5 Å². The van der Waals surface area contributed by atoms with Crippen molar-refractivity contribution in [1.29, 1.82) is 0 Å². The molecule has 3 aromatic heterocycles. The summed E-state index contributed by atoms with van der Waals surface area (Å²) in [6.07, 6.45) is 5.32. The number of aryl methyl sites for hydroxylation is 1. The van der Waals surface area contributed by atoms with E-state index in [4.69, 9.17) is 8.94 Å². The zero-order valence-corrected chi connectivity index (χ0v) is 16.9. The van der Waals surface area contributed by atoms with Gasteiger partial charge in [0.2, 0.25) is 0 Å². The van der Waals surface area contributed by atoms with Gasteiger partial charge in [-0.15, -0.1) is 12.4 Å². The zero-order valence-electron chi connectivity index (χ0n) is 16.1. The maximum absolute atomic E-state index is 13.4. The minimum atomic E-state index is -0.00397. The standard InChI is InChI=1S/C20H24N4O3.ClH/c1-3-6-15-18-14(20(25)24-9-4-7-13(12-24)21-2)11-16(17-8-5-10-26-17)22-19(18)27-23-15;/h5,8,10-11,13,21H,3-4,6-7,9,12H2,1-2H3;1H. The first-order chi connectivity index (χ1) is 13.2. The summed E-state index contributed by atoms with van der Waals surface area (Å²) >= 11 is 0. The van der Waals surface area contributed by atoms with E-state index in [-0.39, 0.29) is 18.3 Å². The summed E-state index contributed by atoms with van der Waals surface area (Å²) in [4.78, 5) is 19.9. The van der Waals surface area contributed by atoms with E-state index in [9.17, 15) is 4.79 Å². The summed E-state index contributed by atoms with van der Waals surface area (Å²) in [6.45, 7) is 3.53. The van der Waals surface area contributed by atoms with E-state index in [2.05, 4.69) is 22.4 Å². The Morgan fingerprint density at radius 3 is 3.00 bits per heavy atom. The number of pyridine rings is 1. The Hall–Kier alpha value is -2.38. The van der Waals surface area contributed by atoms with E-state index >= 15 is 0 Å². The van der Waals surface area contributed by atoms with Crippen LogP contribution in [0, 0.1) is 0 Å². The van der Waals surface area contributed by atoms with Crippen LogP contribution < -0.4 is 5.32 Å². The lowest BCUT2D eigenvalue weighted by Crippen LogP contribution is -2.47. The maximum atomic E-state index is 13.4. The van der Waals surface area contributed by atoms with Crippen LogP contribution in [0.15, 0.2) is 33.4 Å². The van der Waals surface area contributed by atoms with Crippen molar-refractivity contribution in [3.63, 3.8) is 0 Å². The van der Waals surface area contributed by atoms with Crippen LogP contribution in [0.2, 0.25) is 0 Å². The molecule has 150 valence electrons. The Morgan fingerprint density at radius 1 is 1.43 bits per heavy atom. The Labute approximate surface area is 169 Å². The second-order valence-electron chi connectivity index (χ2n) is 6.97. The molecular formula is C20H25ClN4O3. The fourth-order valence-electron chi connectivity index (χ4n) is 3.70. The highest BCUT2D eigenvalue weighted by Gasteiger charge is 2.28. The summed E-state index contributed by atoms with van der Waals surface area (Å²) in [7, 11) is 1.94. The number of nitrogens with one attached hydrogen (secondary N) is 1. The van der Waals surface area contributed by atoms with Crippen LogP contribution in [-0.4, -0.2) is 47.1 Å². The van der Waals surface area contributed by atoms with Crippen molar-refractivity contribution in [2.75, 3.05) is 20.1 Å². The SMILES string of the molecule is CCCc1noc2nc(-c3ccco3)cc(C(=O)N3CCCC(NC)C3)c12.Cl. The number of amides is 1. The van der Waals surface area contributed by atoms with Crippen LogP contribution in [0.25, 0.3) is 22.6 Å². The molecule has 1 amide bonds. The zero-order chi connectivity index (χ0) is 18.8. The second-order valence-corrected chi connectivity index (χ2v) is 6.97. The number of fused-ring (bicyclic) bond motifs is 1. The van der Waals surface area contributed by atoms with Gasteiger partial charge in [0, 0.05) is 19.1 Å². The quantitative estimate of drug-likeness (QED) is 0.698. The summed E-state index contributed by atoms with van der Waals surface area (Å²) in [5, 5.41) is 8.19. The van der Waals surface area contributed by atoms with Gasteiger partial charge in [0.15, 0.2) is 5.76 Å². The Morgan fingerprint density at radius 2 is 2.29 bits per heavy atom. The normalized spacial score (nSPS) is 16.9. The van der Waals surface area contributed by atoms with Crippen molar-refractivity contribution in [3.05, 3.63) is 35.7 Å². The van der Waals surface area contributed by atoms with Crippen LogP contribution in [0.3, 0.4) is 0 Å². The number of hydrogen-bond acceptors (Lipinski definition) is 6. The van der Waals surface area contributed by atoms with Gasteiger partial charge in [-0.3, -0.25) is 4.79 Å². The average molecular weight is 405 g/mol. The molecule has 1 fully saturated rings. The molecular weight excluding hydrogens is 380 g/mol. The number of likely N-dealkylation sites (N-methyl/N-ethyl adjacent to an activating group) is 1. The highest BCUT2D eigenvalue weighted by atomic mass is 35.5. The molecule has 0 spiro atoms. The molecule has 1 saturated heterocycles. The van der Waals surface area contributed by atoms with Gasteiger partial charge >= 0.3 is 0 Å². The molecule has 0 radical (unpaired) electrons. The molecule has 1 atom stereocenters. The lowest BCUT2D eigenvalue weighted by molar-refractivity contribution is 0.0700. The van der Waals surface area contributed by atoms with Crippen molar-refractivity contribution in [2.24, 2.45) is 0 Å². The largest absolute Gasteiger partial charge is 0.463 e. The van der Waals surface area contributed by atoms with Crippen LogP contribution >= 0.6 is 12.4 Å². The number of furan rings is 1. The first-order valence-corrected chi connectivity index (χ1v) is 9.51. The third kappa shape index (κ3) is 3.77. The molecule has 1 unspecified atom stereocenters. The molecule has 4 heterocycles. The third-order valence-corrected chi connectivity index (χ3v) is 5.12. The van der Waals surface area contributed by atoms with Gasteiger partial charge in [-0.2, -0.15) is 0 Å². The smallest absolute Gasteiger partial charge is 0.259 e. The summed E-state index contributed by atoms with van der Waals surface area (Å²) in [6, 6.07) is 5.75. The van der Waals surface area contributed by atoms with Gasteiger partial charge in [0.1, 0.15) is 5.69 Å². The monoisotopic (exact) mass is 404 g/mol. The lowest BCUT2D eigenvalue weighted by Gasteiger charge is -2.32. The Balaban J connectivity index is 0.00000225. The molecule has 1 aliphatic heterocycles. The van der Waals surface area contributed by atoms with Gasteiger partial charge < -0.3 is 19.2 Å². The van der Waals surface area contributed by atoms with Crippen molar-refractivity contribution in [1.82, 2.24) is 20.4 Å². The average Bonchev–Trinajstić information content (AvgIpc) is 3.37. The van der Waals surface area contributed by atoms with E-state index < -0.39 is 0 Å². The van der Waals surface area contributed by atoms with Gasteiger partial charge in [0.25, 0.3) is 11.6 Å². The molecule has 0 bridgehead atoms. The van der Waals surface area contributed by atoms with Crippen molar-refractivity contribution >= 4 is 29.4 Å². The van der Waals surface area contributed by atoms with Crippen LogP contribution in [0.5, 0.6) is 0 Å². The third-order valence-electron chi connectivity index (χ3n) is 5.12. The fraction of sp³-hybridized carbons (Fsp3) is 0.450. The summed E-state index contributed by atoms with van der Waals surface area (Å²) < 4.78 is 11.0. The van der Waals surface area contributed by atoms with Gasteiger partial charge in [-0.1, -0.05) is 18.5 Å². The summed E-state index contributed by atoms with van der Waals surface area (Å²) in [5.74, 6) is 0.599. The Bertz CT molecular complexity index is 938. The molecule has 0 saturated carbocycles. The number of halogens is 1. The highest BCUT2D eigenvalue weighted by molar-refractivity contribution is 6.07. The van der Waals surface area contributed by atoms with Gasteiger partial charge in [-0.05, 0) is 44.5 Å². The van der Waals surface area contributed by atoms with E-state index in [0.29, 0.717) is 35.3 Å². The number of piperidine rings is 1. The van der Waals surface area contributed by atoms with Crippen molar-refractivity contribution < 1.29 is 13.7 Å². The molecule has 1 N–H and O–H groups in total. The molecule has 8 heteroatoms. The molecule has 3 aromatic rings. The number of nitrogens with zero attached hydrogens (tertiary/aromatic N) is 3. The van der Waals surface area contributed by atoms with E-state index in [1.54, 1.807) is 12.3 Å². The lowest BCUT2D eigenvalue weighted by atomic mass is 10.0. The topological polar surface area (TPSA) is 84.4 Å². The van der Waals surface area contributed by atoms with Crippen LogP contribution in [0.1, 0.15) is 42.2 Å². The molecule has 7 nitrogen and oxygen atoms in total. The van der Waals surface area contributed by atoms with E-state index in [1.807, 2.05) is 24.1 Å². The predicted molar refractivity (Wildman–Crippen MR) is 109 cm³/mol. The number of hydrogen-bond donors (Lipinski definition) is 1. The first kappa shape index (κ1) is 20.4. The minimum absolute atomic E-state index is 0. The maximum Gasteiger partial charge on any atom is 0.259 e. The number of likely N-dealkylation sites (tertiary alicyclic amines) is 1. The van der Waals surface area contributed by atoms with Crippen molar-refractivity contribution in [2.45, 2.75) is 38.6 Å². The summed E-state index contributed by atoms with van der Waals surface area (Å²) in [5.41, 5.74) is 2.35. The fourth-order valence-corrected chi connectivity index (χ4v) is 3.70. The number of carbonyl (C=O) groups is 1. The molecule has 0 aromatic carbocycles. The number of rotatable bonds is 5. The van der Waals surface area contributed by atoms with Gasteiger partial charge in [0.05, 0.1) is 22.9 Å². The predicted octanol–water partition coefficient (Wildman–Crippen LogP) is 3.68. The van der Waals surface area contributed by atoms with Crippen LogP contribution in [-0.2, 0) is 6.42 Å². The number of carbonyl (C=O) groups excluding carboxylic acids is 1. The Kier molecular flexibility index (Phi) is 6.36. The van der Waals surface area contributed by atoms with Crippen LogP contribution in [0.4, 0.5) is 0 Å². The first-order valence-electron chi connectivity index (χ1n) is 9.51. The highest BCUT2D eigenvalue weighted by Crippen LogP contribution is 2.29. The molecule has 1 aliphatic rings. The van der Waals surface area contributed by atoms with E-state index in [0.717, 1.165) is 43.3 Å². The minimum Gasteiger partial charge on any atom is -0.463 e. The molecule has 28 heavy (non-hydrogen) atoms.